The molecule has 0 saturated carbocycles. The van der Waals surface area contributed by atoms with Crippen LogP contribution in [0.1, 0.15) is 29.7 Å². The lowest BCUT2D eigenvalue weighted by molar-refractivity contribution is -0.129. The van der Waals surface area contributed by atoms with Gasteiger partial charge in [0.2, 0.25) is 11.8 Å². The summed E-state index contributed by atoms with van der Waals surface area (Å²) in [7, 11) is 1.58. The minimum atomic E-state index is -0.794. The average Bonchev–Trinajstić information content (AvgIpc) is 2.81. The van der Waals surface area contributed by atoms with E-state index in [1.165, 1.54) is 12.1 Å². The first kappa shape index (κ1) is 23.0. The third kappa shape index (κ3) is 6.67. The van der Waals surface area contributed by atoms with E-state index in [4.69, 9.17) is 4.74 Å². The number of ether oxygens (including phenoxy) is 1. The highest BCUT2D eigenvalue weighted by molar-refractivity contribution is 5.88. The largest absolute Gasteiger partial charge is 0.497 e. The highest BCUT2D eigenvalue weighted by Crippen LogP contribution is 2.14. The number of rotatable bonds is 9. The zero-order chi connectivity index (χ0) is 22.9. The predicted molar refractivity (Wildman–Crippen MR) is 122 cm³/mol. The summed E-state index contributed by atoms with van der Waals surface area (Å²) in [6.45, 7) is 1.89. The van der Waals surface area contributed by atoms with Gasteiger partial charge >= 0.3 is 0 Å². The fraction of sp³-hybridized carbons (Fsp3) is 0.231. The highest BCUT2D eigenvalue weighted by atomic mass is 19.1. The van der Waals surface area contributed by atoms with Gasteiger partial charge in [-0.15, -0.1) is 0 Å². The number of carbonyl (C=O) groups excluding carboxylic acids is 2. The van der Waals surface area contributed by atoms with Gasteiger partial charge in [0.25, 0.3) is 0 Å². The van der Waals surface area contributed by atoms with Crippen LogP contribution in [0.15, 0.2) is 78.9 Å². The van der Waals surface area contributed by atoms with Crippen molar-refractivity contribution < 1.29 is 18.7 Å². The number of methoxy groups -OCH3 is 1. The molecule has 0 aliphatic heterocycles. The topological polar surface area (TPSA) is 67.4 Å². The van der Waals surface area contributed by atoms with Crippen molar-refractivity contribution in [1.29, 1.82) is 0 Å². The van der Waals surface area contributed by atoms with E-state index in [1.807, 2.05) is 49.4 Å². The number of hydrogen-bond acceptors (Lipinski definition) is 3. The monoisotopic (exact) mass is 434 g/mol. The molecule has 0 radical (unpaired) electrons. The minimum absolute atomic E-state index is 0.130. The first-order chi connectivity index (χ1) is 15.4. The molecule has 0 aromatic heterocycles. The molecular formula is C26H27FN2O3. The molecule has 0 heterocycles. The Morgan fingerprint density at radius 1 is 0.875 bits per heavy atom. The summed E-state index contributed by atoms with van der Waals surface area (Å²) in [5, 5.41) is 5.81. The summed E-state index contributed by atoms with van der Waals surface area (Å²) in [6, 6.07) is 21.7. The molecule has 2 amide bonds. The Morgan fingerprint density at radius 2 is 1.50 bits per heavy atom. The van der Waals surface area contributed by atoms with Gasteiger partial charge in [0.15, 0.2) is 0 Å². The third-order valence-electron chi connectivity index (χ3n) is 5.19. The van der Waals surface area contributed by atoms with Gasteiger partial charge in [-0.1, -0.05) is 54.6 Å². The number of amides is 2. The van der Waals surface area contributed by atoms with Crippen molar-refractivity contribution in [3.05, 3.63) is 101 Å². The van der Waals surface area contributed by atoms with E-state index in [9.17, 15) is 14.0 Å². The van der Waals surface area contributed by atoms with Crippen LogP contribution in [0.3, 0.4) is 0 Å². The van der Waals surface area contributed by atoms with Gasteiger partial charge in [0.1, 0.15) is 17.6 Å². The second-order valence-electron chi connectivity index (χ2n) is 7.62. The Balaban J connectivity index is 1.70. The van der Waals surface area contributed by atoms with Crippen molar-refractivity contribution in [3.8, 4) is 5.75 Å². The van der Waals surface area contributed by atoms with Crippen LogP contribution >= 0.6 is 0 Å². The lowest BCUT2D eigenvalue weighted by Crippen LogP contribution is -2.49. The predicted octanol–water partition coefficient (Wildman–Crippen LogP) is 3.98. The lowest BCUT2D eigenvalue weighted by Gasteiger charge is -2.22. The number of benzene rings is 3. The first-order valence-corrected chi connectivity index (χ1v) is 10.5. The van der Waals surface area contributed by atoms with Crippen molar-refractivity contribution >= 4 is 11.8 Å². The summed E-state index contributed by atoms with van der Waals surface area (Å²) in [6.07, 6.45) is 0.382. The molecule has 5 nitrogen and oxygen atoms in total. The molecule has 3 aromatic carbocycles. The van der Waals surface area contributed by atoms with Crippen LogP contribution < -0.4 is 15.4 Å². The SMILES string of the molecule is COc1ccc(CC(=O)NC(Cc2ccc(F)cc2)C(=O)NC(C)c2ccccc2)cc1. The molecule has 3 rings (SSSR count). The summed E-state index contributed by atoms with van der Waals surface area (Å²) >= 11 is 0. The summed E-state index contributed by atoms with van der Waals surface area (Å²) in [4.78, 5) is 25.8. The first-order valence-electron chi connectivity index (χ1n) is 10.5. The van der Waals surface area contributed by atoms with E-state index >= 15 is 0 Å². The van der Waals surface area contributed by atoms with E-state index in [0.29, 0.717) is 5.75 Å². The van der Waals surface area contributed by atoms with E-state index in [1.54, 1.807) is 31.4 Å². The lowest BCUT2D eigenvalue weighted by atomic mass is 10.0. The second kappa shape index (κ2) is 11.1. The maximum atomic E-state index is 13.3. The van der Waals surface area contributed by atoms with Gasteiger partial charge in [-0.05, 0) is 47.9 Å². The van der Waals surface area contributed by atoms with E-state index in [2.05, 4.69) is 10.6 Å². The molecule has 32 heavy (non-hydrogen) atoms. The van der Waals surface area contributed by atoms with Crippen LogP contribution in [0.4, 0.5) is 4.39 Å². The number of carbonyl (C=O) groups is 2. The maximum Gasteiger partial charge on any atom is 0.243 e. The second-order valence-corrected chi connectivity index (χ2v) is 7.62. The van der Waals surface area contributed by atoms with Gasteiger partial charge in [-0.3, -0.25) is 9.59 Å². The molecule has 0 fully saturated rings. The number of halogens is 1. The minimum Gasteiger partial charge on any atom is -0.497 e. The highest BCUT2D eigenvalue weighted by Gasteiger charge is 2.23. The van der Waals surface area contributed by atoms with Gasteiger partial charge in [0, 0.05) is 6.42 Å². The molecule has 6 heteroatoms. The van der Waals surface area contributed by atoms with Gasteiger partial charge in [0.05, 0.1) is 19.6 Å². The summed E-state index contributed by atoms with van der Waals surface area (Å²) in [5.41, 5.74) is 2.52. The Kier molecular flexibility index (Phi) is 7.97. The quantitative estimate of drug-likeness (QED) is 0.535. The van der Waals surface area contributed by atoms with Crippen molar-refractivity contribution in [1.82, 2.24) is 10.6 Å². The van der Waals surface area contributed by atoms with Gasteiger partial charge < -0.3 is 15.4 Å². The third-order valence-corrected chi connectivity index (χ3v) is 5.19. The Bertz CT molecular complexity index is 1020. The van der Waals surface area contributed by atoms with Gasteiger partial charge in [-0.2, -0.15) is 0 Å². The molecule has 166 valence electrons. The summed E-state index contributed by atoms with van der Waals surface area (Å²) in [5.74, 6) is -0.216. The fourth-order valence-electron chi connectivity index (χ4n) is 3.38. The van der Waals surface area contributed by atoms with Crippen LogP contribution in [0, 0.1) is 5.82 Å². The van der Waals surface area contributed by atoms with Crippen LogP contribution in [-0.2, 0) is 22.4 Å². The number of nitrogens with one attached hydrogen (secondary N) is 2. The molecule has 3 aromatic rings. The molecule has 2 atom stereocenters. The molecule has 2 N–H and O–H groups in total. The standard InChI is InChI=1S/C26H27FN2O3/c1-18(21-6-4-3-5-7-21)28-26(31)24(16-19-8-12-22(27)13-9-19)29-25(30)17-20-10-14-23(32-2)15-11-20/h3-15,18,24H,16-17H2,1-2H3,(H,28,31)(H,29,30). The molecule has 0 saturated heterocycles. The van der Waals surface area contributed by atoms with Crippen molar-refractivity contribution in [2.45, 2.75) is 31.8 Å². The van der Waals surface area contributed by atoms with Crippen LogP contribution in [0.2, 0.25) is 0 Å². The van der Waals surface area contributed by atoms with Gasteiger partial charge in [-0.25, -0.2) is 4.39 Å². The molecule has 0 aliphatic carbocycles. The van der Waals surface area contributed by atoms with E-state index < -0.39 is 6.04 Å². The average molecular weight is 435 g/mol. The molecule has 0 spiro atoms. The van der Waals surface area contributed by atoms with Crippen molar-refractivity contribution in [2.24, 2.45) is 0 Å². The summed E-state index contributed by atoms with van der Waals surface area (Å²) < 4.78 is 18.4. The Labute approximate surface area is 187 Å². The maximum absolute atomic E-state index is 13.3. The van der Waals surface area contributed by atoms with Crippen LogP contribution in [0.5, 0.6) is 5.75 Å². The smallest absolute Gasteiger partial charge is 0.243 e. The zero-order valence-electron chi connectivity index (χ0n) is 18.2. The normalized spacial score (nSPS) is 12.5. The molecule has 0 aliphatic rings. The molecule has 2 unspecified atom stereocenters. The number of hydrogen-bond donors (Lipinski definition) is 2. The van der Waals surface area contributed by atoms with Crippen LogP contribution in [-0.4, -0.2) is 25.0 Å². The molecule has 0 bridgehead atoms. The van der Waals surface area contributed by atoms with E-state index in [0.717, 1.165) is 16.7 Å². The molecular weight excluding hydrogens is 407 g/mol. The fourth-order valence-corrected chi connectivity index (χ4v) is 3.38. The van der Waals surface area contributed by atoms with Crippen molar-refractivity contribution in [2.75, 3.05) is 7.11 Å². The Hall–Kier alpha value is -3.67. The van der Waals surface area contributed by atoms with Crippen LogP contribution in [0.25, 0.3) is 0 Å². The van der Waals surface area contributed by atoms with Crippen molar-refractivity contribution in [3.63, 3.8) is 0 Å². The zero-order valence-corrected chi connectivity index (χ0v) is 18.2. The van der Waals surface area contributed by atoms with E-state index in [-0.39, 0.29) is 36.5 Å². The Morgan fingerprint density at radius 3 is 2.12 bits per heavy atom.